The van der Waals surface area contributed by atoms with Crippen LogP contribution in [0.2, 0.25) is 0 Å². The Morgan fingerprint density at radius 3 is 2.12 bits per heavy atom. The maximum atomic E-state index is 6.11. The molecule has 1 heteroatoms. The predicted molar refractivity (Wildman–Crippen MR) is 77.2 cm³/mol. The molecule has 0 bridgehead atoms. The van der Waals surface area contributed by atoms with Crippen molar-refractivity contribution in [3.63, 3.8) is 0 Å². The zero-order valence-corrected chi connectivity index (χ0v) is 11.9. The van der Waals surface area contributed by atoms with Gasteiger partial charge < -0.3 is 5.73 Å². The van der Waals surface area contributed by atoms with E-state index in [1.807, 2.05) is 0 Å². The van der Waals surface area contributed by atoms with Crippen LogP contribution in [0.3, 0.4) is 0 Å². The van der Waals surface area contributed by atoms with Gasteiger partial charge in [-0.2, -0.15) is 0 Å². The average molecular weight is 239 g/mol. The first-order valence-electron chi connectivity index (χ1n) is 8.08. The lowest BCUT2D eigenvalue weighted by molar-refractivity contribution is 0.375. The third-order valence-electron chi connectivity index (χ3n) is 4.34. The monoisotopic (exact) mass is 239 g/mol. The number of rotatable bonds is 4. The summed E-state index contributed by atoms with van der Waals surface area (Å²) in [6, 6.07) is 0.492. The summed E-state index contributed by atoms with van der Waals surface area (Å²) in [6.45, 7) is 2.30. The van der Waals surface area contributed by atoms with Crippen molar-refractivity contribution in [2.45, 2.75) is 96.4 Å². The zero-order valence-electron chi connectivity index (χ0n) is 11.9. The molecule has 0 aliphatic heterocycles. The van der Waals surface area contributed by atoms with Crippen molar-refractivity contribution in [2.75, 3.05) is 0 Å². The summed E-state index contributed by atoms with van der Waals surface area (Å²) in [6.07, 6.45) is 18.2. The SMILES string of the molecule is CCCCCC1CCCCCC(N)CCCC1. The van der Waals surface area contributed by atoms with Crippen LogP contribution in [0.5, 0.6) is 0 Å². The fraction of sp³-hybridized carbons (Fsp3) is 1.00. The van der Waals surface area contributed by atoms with E-state index in [4.69, 9.17) is 5.73 Å². The highest BCUT2D eigenvalue weighted by molar-refractivity contribution is 4.67. The highest BCUT2D eigenvalue weighted by Gasteiger charge is 2.11. The smallest absolute Gasteiger partial charge is 0.00388 e. The third kappa shape index (κ3) is 7.81. The molecule has 0 spiro atoms. The van der Waals surface area contributed by atoms with Crippen LogP contribution in [0.1, 0.15) is 90.4 Å². The van der Waals surface area contributed by atoms with E-state index in [0.29, 0.717) is 6.04 Å². The Labute approximate surface area is 109 Å². The Balaban J connectivity index is 2.22. The van der Waals surface area contributed by atoms with Gasteiger partial charge in [0.1, 0.15) is 0 Å². The fourth-order valence-corrected chi connectivity index (χ4v) is 3.12. The van der Waals surface area contributed by atoms with Crippen LogP contribution in [0.4, 0.5) is 0 Å². The fourth-order valence-electron chi connectivity index (χ4n) is 3.12. The van der Waals surface area contributed by atoms with Crippen LogP contribution in [0.15, 0.2) is 0 Å². The second-order valence-electron chi connectivity index (χ2n) is 6.04. The van der Waals surface area contributed by atoms with Crippen molar-refractivity contribution < 1.29 is 0 Å². The van der Waals surface area contributed by atoms with Gasteiger partial charge in [0.05, 0.1) is 0 Å². The first kappa shape index (κ1) is 15.0. The Bertz CT molecular complexity index is 167. The van der Waals surface area contributed by atoms with E-state index in [-0.39, 0.29) is 0 Å². The molecule has 1 aliphatic rings. The molecule has 1 nitrogen and oxygen atoms in total. The second kappa shape index (κ2) is 9.94. The molecule has 1 fully saturated rings. The number of hydrogen-bond donors (Lipinski definition) is 1. The van der Waals surface area contributed by atoms with Crippen LogP contribution in [0.25, 0.3) is 0 Å². The summed E-state index contributed by atoms with van der Waals surface area (Å²) >= 11 is 0. The van der Waals surface area contributed by atoms with Crippen molar-refractivity contribution in [2.24, 2.45) is 11.7 Å². The summed E-state index contributed by atoms with van der Waals surface area (Å²) in [5.41, 5.74) is 6.11. The van der Waals surface area contributed by atoms with E-state index in [9.17, 15) is 0 Å². The molecule has 1 aliphatic carbocycles. The molecule has 0 aromatic rings. The molecule has 2 N–H and O–H groups in total. The molecule has 2 atom stereocenters. The van der Waals surface area contributed by atoms with E-state index >= 15 is 0 Å². The number of unbranched alkanes of at least 4 members (excludes halogenated alkanes) is 2. The van der Waals surface area contributed by atoms with Crippen molar-refractivity contribution in [1.29, 1.82) is 0 Å². The summed E-state index contributed by atoms with van der Waals surface area (Å²) in [4.78, 5) is 0. The van der Waals surface area contributed by atoms with Gasteiger partial charge in [0.15, 0.2) is 0 Å². The molecule has 1 saturated carbocycles. The number of hydrogen-bond acceptors (Lipinski definition) is 1. The Morgan fingerprint density at radius 1 is 0.824 bits per heavy atom. The third-order valence-corrected chi connectivity index (χ3v) is 4.34. The van der Waals surface area contributed by atoms with Gasteiger partial charge in [-0.05, 0) is 18.8 Å². The summed E-state index contributed by atoms with van der Waals surface area (Å²) < 4.78 is 0. The van der Waals surface area contributed by atoms with E-state index in [1.165, 1.54) is 83.5 Å². The quantitative estimate of drug-likeness (QED) is 0.684. The topological polar surface area (TPSA) is 26.0 Å². The second-order valence-corrected chi connectivity index (χ2v) is 6.04. The van der Waals surface area contributed by atoms with Crippen molar-refractivity contribution in [3.05, 3.63) is 0 Å². The molecular formula is C16H33N. The van der Waals surface area contributed by atoms with Crippen molar-refractivity contribution in [3.8, 4) is 0 Å². The average Bonchev–Trinajstić information content (AvgIpc) is 2.36. The van der Waals surface area contributed by atoms with Gasteiger partial charge in [0.2, 0.25) is 0 Å². The molecule has 0 radical (unpaired) electrons. The molecule has 2 unspecified atom stereocenters. The first-order chi connectivity index (χ1) is 8.33. The van der Waals surface area contributed by atoms with Crippen LogP contribution < -0.4 is 5.73 Å². The Hall–Kier alpha value is -0.0400. The van der Waals surface area contributed by atoms with Crippen LogP contribution in [-0.4, -0.2) is 6.04 Å². The van der Waals surface area contributed by atoms with Crippen LogP contribution >= 0.6 is 0 Å². The molecule has 0 heterocycles. The summed E-state index contributed by atoms with van der Waals surface area (Å²) in [5.74, 6) is 1.02. The standard InChI is InChI=1S/C16H33N/c1-2-3-5-10-15-11-6-4-7-13-16(17)14-9-8-12-15/h15-16H,2-14,17H2,1H3. The molecular weight excluding hydrogens is 206 g/mol. The minimum atomic E-state index is 0.492. The molecule has 0 aromatic carbocycles. The summed E-state index contributed by atoms with van der Waals surface area (Å²) in [7, 11) is 0. The molecule has 17 heavy (non-hydrogen) atoms. The maximum Gasteiger partial charge on any atom is 0.00388 e. The van der Waals surface area contributed by atoms with E-state index < -0.39 is 0 Å². The van der Waals surface area contributed by atoms with Gasteiger partial charge in [-0.3, -0.25) is 0 Å². The Morgan fingerprint density at radius 2 is 1.41 bits per heavy atom. The molecule has 0 aromatic heterocycles. The Kier molecular flexibility index (Phi) is 8.78. The van der Waals surface area contributed by atoms with Crippen LogP contribution in [0, 0.1) is 5.92 Å². The molecule has 0 saturated heterocycles. The first-order valence-corrected chi connectivity index (χ1v) is 8.08. The largest absolute Gasteiger partial charge is 0.328 e. The predicted octanol–water partition coefficient (Wildman–Crippen LogP) is 5.03. The van der Waals surface area contributed by atoms with Gasteiger partial charge in [0.25, 0.3) is 0 Å². The normalized spacial score (nSPS) is 28.6. The van der Waals surface area contributed by atoms with Gasteiger partial charge in [-0.15, -0.1) is 0 Å². The zero-order chi connectivity index (χ0) is 12.3. The van der Waals surface area contributed by atoms with Gasteiger partial charge in [-0.1, -0.05) is 77.6 Å². The molecule has 102 valence electrons. The summed E-state index contributed by atoms with van der Waals surface area (Å²) in [5, 5.41) is 0. The lowest BCUT2D eigenvalue weighted by Crippen LogP contribution is -2.19. The highest BCUT2D eigenvalue weighted by atomic mass is 14.6. The van der Waals surface area contributed by atoms with Crippen molar-refractivity contribution >= 4 is 0 Å². The van der Waals surface area contributed by atoms with E-state index in [0.717, 1.165) is 5.92 Å². The minimum absolute atomic E-state index is 0.492. The maximum absolute atomic E-state index is 6.11. The number of nitrogens with two attached hydrogens (primary N) is 1. The molecule has 0 amide bonds. The lowest BCUT2D eigenvalue weighted by atomic mass is 9.90. The van der Waals surface area contributed by atoms with E-state index in [2.05, 4.69) is 6.92 Å². The van der Waals surface area contributed by atoms with Gasteiger partial charge in [0, 0.05) is 6.04 Å². The van der Waals surface area contributed by atoms with Gasteiger partial charge in [-0.25, -0.2) is 0 Å². The van der Waals surface area contributed by atoms with Gasteiger partial charge >= 0.3 is 0 Å². The highest BCUT2D eigenvalue weighted by Crippen LogP contribution is 2.25. The van der Waals surface area contributed by atoms with Crippen molar-refractivity contribution in [1.82, 2.24) is 0 Å². The van der Waals surface area contributed by atoms with E-state index in [1.54, 1.807) is 0 Å². The lowest BCUT2D eigenvalue weighted by Gasteiger charge is -2.16. The minimum Gasteiger partial charge on any atom is -0.328 e. The molecule has 1 rings (SSSR count). The van der Waals surface area contributed by atoms with Crippen LogP contribution in [-0.2, 0) is 0 Å².